The third-order valence-corrected chi connectivity index (χ3v) is 3.94. The van der Waals surface area contributed by atoms with Gasteiger partial charge < -0.3 is 15.3 Å². The van der Waals surface area contributed by atoms with Gasteiger partial charge in [-0.1, -0.05) is 18.2 Å². The Labute approximate surface area is 107 Å². The number of benzene rings is 1. The summed E-state index contributed by atoms with van der Waals surface area (Å²) in [6.45, 7) is 0.851. The molecule has 1 amide bonds. The summed E-state index contributed by atoms with van der Waals surface area (Å²) in [6.07, 6.45) is 2.67. The van der Waals surface area contributed by atoms with E-state index in [9.17, 15) is 9.90 Å². The number of carbonyl (C=O) groups is 1. The number of carbonyl (C=O) groups excluding carboxylic acids is 1. The Bertz CT molecular complexity index is 436. The number of likely N-dealkylation sites (tertiary alicyclic amines) is 1. The van der Waals surface area contributed by atoms with Gasteiger partial charge in [-0.3, -0.25) is 4.79 Å². The van der Waals surface area contributed by atoms with Gasteiger partial charge in [0.25, 0.3) is 0 Å². The van der Waals surface area contributed by atoms with Crippen LogP contribution < -0.4 is 5.32 Å². The predicted molar refractivity (Wildman–Crippen MR) is 69.4 cm³/mol. The molecule has 96 valence electrons. The minimum atomic E-state index is -0.158. The third kappa shape index (κ3) is 1.86. The number of fused-ring (bicyclic) bond motifs is 1. The standard InChI is InChI=1S/C14H18N2O2/c17-9-11-5-3-7-16(11)14(18)13-8-10-4-1-2-6-12(10)15-13/h1-2,4,6,11,13,15,17H,3,5,7-9H2/t11-,13?/m0/s1. The van der Waals surface area contributed by atoms with Crippen molar-refractivity contribution in [2.75, 3.05) is 18.5 Å². The highest BCUT2D eigenvalue weighted by Crippen LogP contribution is 2.27. The number of anilines is 1. The number of rotatable bonds is 2. The van der Waals surface area contributed by atoms with Gasteiger partial charge in [0.1, 0.15) is 6.04 Å². The summed E-state index contributed by atoms with van der Waals surface area (Å²) >= 11 is 0. The lowest BCUT2D eigenvalue weighted by Gasteiger charge is -2.26. The van der Waals surface area contributed by atoms with Crippen LogP contribution in [0.4, 0.5) is 5.69 Å². The maximum atomic E-state index is 12.4. The zero-order chi connectivity index (χ0) is 12.5. The van der Waals surface area contributed by atoms with E-state index in [-0.39, 0.29) is 24.6 Å². The van der Waals surface area contributed by atoms with Crippen molar-refractivity contribution in [2.45, 2.75) is 31.3 Å². The number of nitrogens with one attached hydrogen (secondary N) is 1. The second-order valence-electron chi connectivity index (χ2n) is 5.07. The first-order valence-electron chi connectivity index (χ1n) is 6.55. The van der Waals surface area contributed by atoms with E-state index in [2.05, 4.69) is 11.4 Å². The summed E-state index contributed by atoms with van der Waals surface area (Å²) in [5.41, 5.74) is 2.27. The molecule has 4 nitrogen and oxygen atoms in total. The first-order chi connectivity index (χ1) is 8.79. The van der Waals surface area contributed by atoms with Crippen molar-refractivity contribution in [2.24, 2.45) is 0 Å². The summed E-state index contributed by atoms with van der Waals surface area (Å²) in [5.74, 6) is 0.128. The Hall–Kier alpha value is -1.55. The zero-order valence-electron chi connectivity index (χ0n) is 10.3. The fourth-order valence-corrected chi connectivity index (χ4v) is 2.96. The molecule has 0 aromatic heterocycles. The minimum Gasteiger partial charge on any atom is -0.394 e. The monoisotopic (exact) mass is 246 g/mol. The minimum absolute atomic E-state index is 0.0167. The van der Waals surface area contributed by atoms with Gasteiger partial charge in [0.2, 0.25) is 5.91 Å². The number of aliphatic hydroxyl groups is 1. The maximum absolute atomic E-state index is 12.4. The van der Waals surface area contributed by atoms with E-state index in [4.69, 9.17) is 0 Å². The lowest BCUT2D eigenvalue weighted by Crippen LogP contribution is -2.45. The average Bonchev–Trinajstić information content (AvgIpc) is 3.03. The van der Waals surface area contributed by atoms with Crippen LogP contribution in [0.2, 0.25) is 0 Å². The third-order valence-electron chi connectivity index (χ3n) is 3.94. The van der Waals surface area contributed by atoms with Crippen molar-refractivity contribution in [3.8, 4) is 0 Å². The van der Waals surface area contributed by atoms with Gasteiger partial charge >= 0.3 is 0 Å². The lowest BCUT2D eigenvalue weighted by molar-refractivity contribution is -0.133. The van der Waals surface area contributed by atoms with Crippen LogP contribution in [0.25, 0.3) is 0 Å². The van der Waals surface area contributed by atoms with Crippen LogP contribution in [0.15, 0.2) is 24.3 Å². The van der Waals surface area contributed by atoms with Crippen LogP contribution in [-0.4, -0.2) is 41.1 Å². The lowest BCUT2D eigenvalue weighted by atomic mass is 10.1. The summed E-state index contributed by atoms with van der Waals surface area (Å²) in [4.78, 5) is 14.3. The number of hydrogen-bond donors (Lipinski definition) is 2. The molecule has 1 saturated heterocycles. The molecule has 2 atom stereocenters. The van der Waals surface area contributed by atoms with E-state index in [1.165, 1.54) is 5.56 Å². The molecule has 4 heteroatoms. The maximum Gasteiger partial charge on any atom is 0.245 e. The number of para-hydroxylation sites is 1. The van der Waals surface area contributed by atoms with Crippen molar-refractivity contribution >= 4 is 11.6 Å². The van der Waals surface area contributed by atoms with Crippen LogP contribution in [0.3, 0.4) is 0 Å². The largest absolute Gasteiger partial charge is 0.394 e. The van der Waals surface area contributed by atoms with E-state index >= 15 is 0 Å². The Kier molecular flexibility index (Phi) is 2.96. The van der Waals surface area contributed by atoms with Crippen molar-refractivity contribution < 1.29 is 9.90 Å². The van der Waals surface area contributed by atoms with Crippen molar-refractivity contribution in [3.05, 3.63) is 29.8 Å². The normalized spacial score (nSPS) is 25.9. The molecule has 0 aliphatic carbocycles. The fourth-order valence-electron chi connectivity index (χ4n) is 2.96. The van der Waals surface area contributed by atoms with Crippen LogP contribution in [0, 0.1) is 0 Å². The van der Waals surface area contributed by atoms with Crippen molar-refractivity contribution in [3.63, 3.8) is 0 Å². The molecular formula is C14H18N2O2. The zero-order valence-corrected chi connectivity index (χ0v) is 10.3. The first kappa shape index (κ1) is 11.5. The summed E-state index contributed by atoms with van der Waals surface area (Å²) in [6, 6.07) is 7.90. The van der Waals surface area contributed by atoms with Crippen LogP contribution in [0.1, 0.15) is 18.4 Å². The summed E-state index contributed by atoms with van der Waals surface area (Å²) < 4.78 is 0. The van der Waals surface area contributed by atoms with Gasteiger partial charge in [-0.2, -0.15) is 0 Å². The average molecular weight is 246 g/mol. The Balaban J connectivity index is 1.72. The smallest absolute Gasteiger partial charge is 0.245 e. The SMILES string of the molecule is O=C(C1Cc2ccccc2N1)N1CCC[C@H]1CO. The molecule has 0 bridgehead atoms. The molecule has 0 saturated carbocycles. The van der Waals surface area contributed by atoms with Crippen LogP contribution >= 0.6 is 0 Å². The van der Waals surface area contributed by atoms with Crippen molar-refractivity contribution in [1.29, 1.82) is 0 Å². The highest BCUT2D eigenvalue weighted by atomic mass is 16.3. The molecule has 3 rings (SSSR count). The van der Waals surface area contributed by atoms with Gasteiger partial charge in [0.15, 0.2) is 0 Å². The Morgan fingerprint density at radius 3 is 3.06 bits per heavy atom. The molecule has 1 aromatic rings. The number of nitrogens with zero attached hydrogens (tertiary/aromatic N) is 1. The van der Waals surface area contributed by atoms with Gasteiger partial charge in [-0.05, 0) is 24.5 Å². The van der Waals surface area contributed by atoms with Gasteiger partial charge in [0.05, 0.1) is 12.6 Å². The van der Waals surface area contributed by atoms with Gasteiger partial charge in [-0.25, -0.2) is 0 Å². The van der Waals surface area contributed by atoms with E-state index in [0.29, 0.717) is 0 Å². The van der Waals surface area contributed by atoms with E-state index in [1.807, 2.05) is 23.1 Å². The second kappa shape index (κ2) is 4.61. The highest BCUT2D eigenvalue weighted by molar-refractivity contribution is 5.87. The van der Waals surface area contributed by atoms with E-state index < -0.39 is 0 Å². The van der Waals surface area contributed by atoms with Crippen LogP contribution in [0.5, 0.6) is 0 Å². The fraction of sp³-hybridized carbons (Fsp3) is 0.500. The summed E-state index contributed by atoms with van der Waals surface area (Å²) in [7, 11) is 0. The highest BCUT2D eigenvalue weighted by Gasteiger charge is 2.35. The van der Waals surface area contributed by atoms with E-state index in [0.717, 1.165) is 31.5 Å². The molecule has 2 heterocycles. The summed E-state index contributed by atoms with van der Waals surface area (Å²) in [5, 5.41) is 12.6. The topological polar surface area (TPSA) is 52.6 Å². The van der Waals surface area contributed by atoms with E-state index in [1.54, 1.807) is 0 Å². The molecule has 2 N–H and O–H groups in total. The van der Waals surface area contributed by atoms with Crippen molar-refractivity contribution in [1.82, 2.24) is 4.90 Å². The Morgan fingerprint density at radius 2 is 2.28 bits per heavy atom. The molecule has 0 spiro atoms. The predicted octanol–water partition coefficient (Wildman–Crippen LogP) is 1.01. The molecule has 2 aliphatic rings. The molecule has 1 fully saturated rings. The molecule has 2 aliphatic heterocycles. The molecular weight excluding hydrogens is 228 g/mol. The molecule has 0 radical (unpaired) electrons. The number of aliphatic hydroxyl groups excluding tert-OH is 1. The first-order valence-corrected chi connectivity index (χ1v) is 6.55. The van der Waals surface area contributed by atoms with Gasteiger partial charge in [-0.15, -0.1) is 0 Å². The quantitative estimate of drug-likeness (QED) is 0.818. The second-order valence-corrected chi connectivity index (χ2v) is 5.07. The molecule has 1 unspecified atom stereocenters. The number of amides is 1. The molecule has 18 heavy (non-hydrogen) atoms. The van der Waals surface area contributed by atoms with Crippen LogP contribution in [-0.2, 0) is 11.2 Å². The Morgan fingerprint density at radius 1 is 1.44 bits per heavy atom. The molecule has 1 aromatic carbocycles. The number of hydrogen-bond acceptors (Lipinski definition) is 3. The van der Waals surface area contributed by atoms with Gasteiger partial charge in [0, 0.05) is 18.7 Å².